The van der Waals surface area contributed by atoms with E-state index in [4.69, 9.17) is 9.47 Å². The summed E-state index contributed by atoms with van der Waals surface area (Å²) in [6.07, 6.45) is 7.70. The summed E-state index contributed by atoms with van der Waals surface area (Å²) in [7, 11) is 0. The van der Waals surface area contributed by atoms with Crippen LogP contribution in [0.4, 0.5) is 5.82 Å². The van der Waals surface area contributed by atoms with Crippen LogP contribution in [0.15, 0.2) is 24.4 Å². The van der Waals surface area contributed by atoms with Gasteiger partial charge in [-0.1, -0.05) is 6.42 Å². The minimum Gasteiger partial charge on any atom is -0.454 e. The molecular formula is C16H20N2O2S. The third-order valence-corrected chi connectivity index (χ3v) is 4.27. The summed E-state index contributed by atoms with van der Waals surface area (Å²) < 4.78 is 10.9. The third kappa shape index (κ3) is 3.35. The molecule has 0 atom stereocenters. The van der Waals surface area contributed by atoms with E-state index in [1.807, 2.05) is 36.2 Å². The van der Waals surface area contributed by atoms with Gasteiger partial charge in [0.2, 0.25) is 6.79 Å². The van der Waals surface area contributed by atoms with E-state index in [1.54, 1.807) is 0 Å². The van der Waals surface area contributed by atoms with E-state index in [0.29, 0.717) is 6.79 Å². The number of hydrogen-bond acceptors (Lipinski definition) is 5. The number of fused-ring (bicyclic) bond motifs is 2. The van der Waals surface area contributed by atoms with Crippen LogP contribution in [0.1, 0.15) is 19.3 Å². The molecule has 2 aromatic rings. The highest BCUT2D eigenvalue weighted by molar-refractivity contribution is 7.98. The molecule has 2 heterocycles. The molecule has 0 radical (unpaired) electrons. The largest absolute Gasteiger partial charge is 0.454 e. The molecule has 1 aliphatic heterocycles. The zero-order valence-corrected chi connectivity index (χ0v) is 13.0. The third-order valence-electron chi connectivity index (χ3n) is 3.58. The van der Waals surface area contributed by atoms with Crippen LogP contribution < -0.4 is 14.8 Å². The lowest BCUT2D eigenvalue weighted by Crippen LogP contribution is -2.03. The number of nitrogens with zero attached hydrogens (tertiary/aromatic N) is 1. The zero-order valence-electron chi connectivity index (χ0n) is 12.2. The Bertz CT molecular complexity index is 618. The summed E-state index contributed by atoms with van der Waals surface area (Å²) in [5.41, 5.74) is 0. The number of anilines is 1. The Morgan fingerprint density at radius 3 is 2.90 bits per heavy atom. The van der Waals surface area contributed by atoms with Gasteiger partial charge in [0.15, 0.2) is 11.5 Å². The van der Waals surface area contributed by atoms with Gasteiger partial charge in [-0.15, -0.1) is 0 Å². The van der Waals surface area contributed by atoms with Crippen LogP contribution in [0.3, 0.4) is 0 Å². The first kappa shape index (κ1) is 14.3. The molecule has 21 heavy (non-hydrogen) atoms. The molecule has 0 unspecified atom stereocenters. The fourth-order valence-corrected chi connectivity index (χ4v) is 2.95. The van der Waals surface area contributed by atoms with Crippen molar-refractivity contribution in [3.05, 3.63) is 24.4 Å². The van der Waals surface area contributed by atoms with Crippen molar-refractivity contribution in [2.24, 2.45) is 0 Å². The van der Waals surface area contributed by atoms with E-state index in [-0.39, 0.29) is 0 Å². The van der Waals surface area contributed by atoms with Crippen molar-refractivity contribution < 1.29 is 9.47 Å². The van der Waals surface area contributed by atoms with Gasteiger partial charge in [0.1, 0.15) is 5.82 Å². The monoisotopic (exact) mass is 304 g/mol. The molecule has 1 aromatic heterocycles. The van der Waals surface area contributed by atoms with Crippen LogP contribution in [-0.4, -0.2) is 30.3 Å². The standard InChI is InChI=1S/C16H20N2O2S/c1-21-8-4-2-3-6-17-16-13-10-15-14(19-11-20-15)9-12(13)5-7-18-16/h5,7,9-10H,2-4,6,8,11H2,1H3,(H,17,18). The van der Waals surface area contributed by atoms with Gasteiger partial charge in [-0.2, -0.15) is 11.8 Å². The SMILES string of the molecule is CSCCCCCNc1nccc2cc3c(cc12)OCO3. The van der Waals surface area contributed by atoms with Crippen LogP contribution >= 0.6 is 11.8 Å². The van der Waals surface area contributed by atoms with Gasteiger partial charge < -0.3 is 14.8 Å². The molecule has 0 saturated heterocycles. The van der Waals surface area contributed by atoms with Crippen molar-refractivity contribution in [2.75, 3.05) is 30.7 Å². The number of thioether (sulfide) groups is 1. The first-order valence-electron chi connectivity index (χ1n) is 7.29. The number of pyridine rings is 1. The van der Waals surface area contributed by atoms with Crippen LogP contribution in [-0.2, 0) is 0 Å². The van der Waals surface area contributed by atoms with Gasteiger partial charge in [0, 0.05) is 18.1 Å². The van der Waals surface area contributed by atoms with Gasteiger partial charge in [-0.05, 0) is 48.4 Å². The molecule has 0 fully saturated rings. The summed E-state index contributed by atoms with van der Waals surface area (Å²) in [6, 6.07) is 6.03. The summed E-state index contributed by atoms with van der Waals surface area (Å²) in [5, 5.41) is 5.65. The smallest absolute Gasteiger partial charge is 0.231 e. The number of hydrogen-bond donors (Lipinski definition) is 1. The van der Waals surface area contributed by atoms with Crippen LogP contribution in [0.25, 0.3) is 10.8 Å². The molecular weight excluding hydrogens is 284 g/mol. The second kappa shape index (κ2) is 6.89. The van der Waals surface area contributed by atoms with E-state index >= 15 is 0 Å². The van der Waals surface area contributed by atoms with Crippen molar-refractivity contribution in [3.8, 4) is 11.5 Å². The normalized spacial score (nSPS) is 12.8. The molecule has 0 bridgehead atoms. The highest BCUT2D eigenvalue weighted by atomic mass is 32.2. The van der Waals surface area contributed by atoms with E-state index < -0.39 is 0 Å². The lowest BCUT2D eigenvalue weighted by atomic mass is 10.1. The van der Waals surface area contributed by atoms with Crippen LogP contribution in [0.5, 0.6) is 11.5 Å². The predicted molar refractivity (Wildman–Crippen MR) is 88.6 cm³/mol. The predicted octanol–water partition coefficient (Wildman–Crippen LogP) is 3.91. The number of ether oxygens (including phenoxy) is 2. The summed E-state index contributed by atoms with van der Waals surface area (Å²) in [5.74, 6) is 3.79. The molecule has 0 amide bonds. The first-order valence-corrected chi connectivity index (χ1v) is 8.69. The first-order chi connectivity index (χ1) is 10.4. The van der Waals surface area contributed by atoms with Gasteiger partial charge in [-0.3, -0.25) is 0 Å². The van der Waals surface area contributed by atoms with Gasteiger partial charge in [-0.25, -0.2) is 4.98 Å². The fraction of sp³-hybridized carbons (Fsp3) is 0.438. The number of benzene rings is 1. The molecule has 0 spiro atoms. The van der Waals surface area contributed by atoms with Crippen molar-refractivity contribution >= 4 is 28.4 Å². The second-order valence-corrected chi connectivity index (χ2v) is 6.05. The molecule has 5 heteroatoms. The Morgan fingerprint density at radius 2 is 2.05 bits per heavy atom. The van der Waals surface area contributed by atoms with E-state index in [2.05, 4.69) is 16.6 Å². The fourth-order valence-electron chi connectivity index (χ4n) is 2.46. The number of nitrogens with one attached hydrogen (secondary N) is 1. The van der Waals surface area contributed by atoms with E-state index in [9.17, 15) is 0 Å². The van der Waals surface area contributed by atoms with Crippen molar-refractivity contribution in [1.29, 1.82) is 0 Å². The maximum absolute atomic E-state index is 5.45. The van der Waals surface area contributed by atoms with Crippen molar-refractivity contribution in [2.45, 2.75) is 19.3 Å². The van der Waals surface area contributed by atoms with Gasteiger partial charge in [0.25, 0.3) is 0 Å². The number of aromatic nitrogens is 1. The minimum atomic E-state index is 0.303. The van der Waals surface area contributed by atoms with Crippen LogP contribution in [0, 0.1) is 0 Å². The second-order valence-electron chi connectivity index (χ2n) is 5.07. The lowest BCUT2D eigenvalue weighted by molar-refractivity contribution is 0.174. The maximum atomic E-state index is 5.45. The highest BCUT2D eigenvalue weighted by Gasteiger charge is 2.15. The molecule has 3 rings (SSSR count). The Hall–Kier alpha value is -1.62. The Kier molecular flexibility index (Phi) is 4.70. The molecule has 0 saturated carbocycles. The Balaban J connectivity index is 1.67. The van der Waals surface area contributed by atoms with Gasteiger partial charge in [0.05, 0.1) is 0 Å². The lowest BCUT2D eigenvalue weighted by Gasteiger charge is -2.09. The molecule has 112 valence electrons. The minimum absolute atomic E-state index is 0.303. The summed E-state index contributed by atoms with van der Waals surface area (Å²) in [4.78, 5) is 4.45. The number of unbranched alkanes of at least 4 members (excludes halogenated alkanes) is 2. The average Bonchev–Trinajstić information content (AvgIpc) is 2.96. The molecule has 1 aromatic carbocycles. The van der Waals surface area contributed by atoms with E-state index in [1.165, 1.54) is 25.0 Å². The topological polar surface area (TPSA) is 43.4 Å². The average molecular weight is 304 g/mol. The van der Waals surface area contributed by atoms with Crippen molar-refractivity contribution in [3.63, 3.8) is 0 Å². The molecule has 0 aliphatic carbocycles. The summed E-state index contributed by atoms with van der Waals surface area (Å²) >= 11 is 1.91. The molecule has 4 nitrogen and oxygen atoms in total. The van der Waals surface area contributed by atoms with Crippen LogP contribution in [0.2, 0.25) is 0 Å². The molecule has 1 N–H and O–H groups in total. The maximum Gasteiger partial charge on any atom is 0.231 e. The summed E-state index contributed by atoms with van der Waals surface area (Å²) in [6.45, 7) is 1.26. The molecule has 1 aliphatic rings. The van der Waals surface area contributed by atoms with Crippen molar-refractivity contribution in [1.82, 2.24) is 4.98 Å². The van der Waals surface area contributed by atoms with E-state index in [0.717, 1.165) is 34.6 Å². The number of rotatable bonds is 7. The quantitative estimate of drug-likeness (QED) is 0.786. The Morgan fingerprint density at radius 1 is 1.19 bits per heavy atom. The zero-order chi connectivity index (χ0) is 14.5. The highest BCUT2D eigenvalue weighted by Crippen LogP contribution is 2.37. The Labute approximate surface area is 129 Å². The van der Waals surface area contributed by atoms with Gasteiger partial charge >= 0.3 is 0 Å².